The van der Waals surface area contributed by atoms with Crippen LogP contribution in [0.3, 0.4) is 0 Å². The van der Waals surface area contributed by atoms with Gasteiger partial charge in [0.2, 0.25) is 5.91 Å². The number of hydrogen-bond donors (Lipinski definition) is 2. The summed E-state index contributed by atoms with van der Waals surface area (Å²) in [6.45, 7) is 1.72. The molecule has 0 unspecified atom stereocenters. The van der Waals surface area contributed by atoms with Crippen LogP contribution in [0.15, 0.2) is 24.3 Å². The fraction of sp³-hybridized carbons (Fsp3) is 0.308. The molecule has 0 aromatic heterocycles. The maximum Gasteiger partial charge on any atom is 0.244 e. The second kappa shape index (κ2) is 7.13. The third-order valence-corrected chi connectivity index (χ3v) is 2.79. The van der Waals surface area contributed by atoms with Crippen molar-refractivity contribution in [3.05, 3.63) is 40.7 Å². The van der Waals surface area contributed by atoms with Gasteiger partial charge in [0.1, 0.15) is 5.82 Å². The normalized spacial score (nSPS) is 12.7. The molecule has 18 heavy (non-hydrogen) atoms. The molecule has 1 aromatic rings. The fourth-order valence-electron chi connectivity index (χ4n) is 1.36. The van der Waals surface area contributed by atoms with E-state index < -0.39 is 11.7 Å². The van der Waals surface area contributed by atoms with Crippen LogP contribution in [0.5, 0.6) is 0 Å². The number of aliphatic hydroxyl groups excluding tert-OH is 1. The van der Waals surface area contributed by atoms with Gasteiger partial charge < -0.3 is 10.4 Å². The molecular weight excluding hydrogens is 257 g/mol. The van der Waals surface area contributed by atoms with Crippen molar-refractivity contribution in [3.8, 4) is 0 Å². The van der Waals surface area contributed by atoms with Crippen LogP contribution < -0.4 is 5.32 Å². The summed E-state index contributed by atoms with van der Waals surface area (Å²) in [7, 11) is 0. The smallest absolute Gasteiger partial charge is 0.244 e. The summed E-state index contributed by atoms with van der Waals surface area (Å²) in [5, 5.41) is 11.8. The lowest BCUT2D eigenvalue weighted by atomic mass is 10.2. The Morgan fingerprint density at radius 2 is 2.33 bits per heavy atom. The molecule has 98 valence electrons. The third kappa shape index (κ3) is 4.13. The summed E-state index contributed by atoms with van der Waals surface area (Å²) in [5.74, 6) is -0.879. The van der Waals surface area contributed by atoms with Crippen molar-refractivity contribution >= 4 is 23.6 Å². The molecule has 1 amide bonds. The predicted molar refractivity (Wildman–Crippen MR) is 69.8 cm³/mol. The zero-order chi connectivity index (χ0) is 13.5. The van der Waals surface area contributed by atoms with Crippen molar-refractivity contribution in [2.75, 3.05) is 6.61 Å². The van der Waals surface area contributed by atoms with E-state index in [0.29, 0.717) is 6.42 Å². The Labute approximate surface area is 110 Å². The average Bonchev–Trinajstić information content (AvgIpc) is 2.35. The van der Waals surface area contributed by atoms with Gasteiger partial charge in [0.15, 0.2) is 0 Å². The predicted octanol–water partition coefficient (Wildman–Crippen LogP) is 2.38. The van der Waals surface area contributed by atoms with Crippen LogP contribution in [-0.4, -0.2) is 23.7 Å². The highest BCUT2D eigenvalue weighted by atomic mass is 35.5. The number of halogens is 2. The van der Waals surface area contributed by atoms with E-state index in [1.807, 2.05) is 6.92 Å². The summed E-state index contributed by atoms with van der Waals surface area (Å²) in [5.41, 5.74) is 0.173. The number of hydrogen-bond acceptors (Lipinski definition) is 2. The van der Waals surface area contributed by atoms with E-state index in [2.05, 4.69) is 5.32 Å². The standard InChI is InChI=1S/C13H15ClFNO2/c1-2-9(8-17)16-13(18)7-6-10-11(14)4-3-5-12(10)15/h3-7,9,17H,2,8H2,1H3,(H,16,18)/b7-6+/t9-/m1/s1. The topological polar surface area (TPSA) is 49.3 Å². The van der Waals surface area contributed by atoms with Gasteiger partial charge in [-0.1, -0.05) is 24.6 Å². The first-order valence-electron chi connectivity index (χ1n) is 5.62. The Kier molecular flexibility index (Phi) is 5.82. The quantitative estimate of drug-likeness (QED) is 0.808. The lowest BCUT2D eigenvalue weighted by Gasteiger charge is -2.11. The van der Waals surface area contributed by atoms with E-state index in [1.165, 1.54) is 24.3 Å². The minimum Gasteiger partial charge on any atom is -0.394 e. The Hall–Kier alpha value is -1.39. The van der Waals surface area contributed by atoms with Gasteiger partial charge >= 0.3 is 0 Å². The molecule has 0 fully saturated rings. The minimum atomic E-state index is -0.485. The molecule has 0 spiro atoms. The Balaban J connectivity index is 2.72. The van der Waals surface area contributed by atoms with E-state index >= 15 is 0 Å². The van der Waals surface area contributed by atoms with Crippen LogP contribution in [0.25, 0.3) is 6.08 Å². The third-order valence-electron chi connectivity index (χ3n) is 2.46. The van der Waals surface area contributed by atoms with Crippen LogP contribution in [0, 0.1) is 5.82 Å². The first kappa shape index (κ1) is 14.7. The largest absolute Gasteiger partial charge is 0.394 e. The molecule has 5 heteroatoms. The van der Waals surface area contributed by atoms with E-state index in [1.54, 1.807) is 6.07 Å². The number of benzene rings is 1. The first-order valence-corrected chi connectivity index (χ1v) is 5.99. The van der Waals surface area contributed by atoms with Crippen molar-refractivity contribution < 1.29 is 14.3 Å². The number of carbonyl (C=O) groups is 1. The minimum absolute atomic E-state index is 0.128. The summed E-state index contributed by atoms with van der Waals surface area (Å²) in [6.07, 6.45) is 3.14. The lowest BCUT2D eigenvalue weighted by Crippen LogP contribution is -2.35. The molecule has 2 N–H and O–H groups in total. The van der Waals surface area contributed by atoms with Crippen molar-refractivity contribution in [1.29, 1.82) is 0 Å². The highest BCUT2D eigenvalue weighted by molar-refractivity contribution is 6.32. The second-order valence-corrected chi connectivity index (χ2v) is 4.17. The summed E-state index contributed by atoms with van der Waals surface area (Å²) in [4.78, 5) is 11.5. The summed E-state index contributed by atoms with van der Waals surface area (Å²) in [6, 6.07) is 4.02. The molecule has 1 aromatic carbocycles. The van der Waals surface area contributed by atoms with Gasteiger partial charge in [0, 0.05) is 11.6 Å². The van der Waals surface area contributed by atoms with E-state index in [-0.39, 0.29) is 23.2 Å². The highest BCUT2D eigenvalue weighted by Gasteiger charge is 2.07. The number of nitrogens with one attached hydrogen (secondary N) is 1. The Morgan fingerprint density at radius 1 is 1.61 bits per heavy atom. The molecule has 0 saturated carbocycles. The number of carbonyl (C=O) groups excluding carboxylic acids is 1. The van der Waals surface area contributed by atoms with E-state index in [4.69, 9.17) is 16.7 Å². The number of amides is 1. The van der Waals surface area contributed by atoms with Crippen molar-refractivity contribution in [2.24, 2.45) is 0 Å². The molecule has 1 atom stereocenters. The molecule has 0 bridgehead atoms. The molecule has 1 rings (SSSR count). The van der Waals surface area contributed by atoms with Gasteiger partial charge in [0.25, 0.3) is 0 Å². The van der Waals surface area contributed by atoms with Crippen LogP contribution in [0.4, 0.5) is 4.39 Å². The summed E-state index contributed by atoms with van der Waals surface area (Å²) < 4.78 is 13.4. The monoisotopic (exact) mass is 271 g/mol. The maximum atomic E-state index is 13.4. The van der Waals surface area contributed by atoms with Gasteiger partial charge in [-0.2, -0.15) is 0 Å². The molecule has 0 aliphatic carbocycles. The zero-order valence-corrected chi connectivity index (χ0v) is 10.7. The molecule has 0 radical (unpaired) electrons. The van der Waals surface area contributed by atoms with Crippen LogP contribution >= 0.6 is 11.6 Å². The first-order chi connectivity index (χ1) is 8.58. The van der Waals surface area contributed by atoms with Crippen LogP contribution in [0.2, 0.25) is 5.02 Å². The zero-order valence-electron chi connectivity index (χ0n) is 9.99. The van der Waals surface area contributed by atoms with Crippen molar-refractivity contribution in [1.82, 2.24) is 5.32 Å². The van der Waals surface area contributed by atoms with Crippen LogP contribution in [0.1, 0.15) is 18.9 Å². The maximum absolute atomic E-state index is 13.4. The highest BCUT2D eigenvalue weighted by Crippen LogP contribution is 2.20. The molecule has 3 nitrogen and oxygen atoms in total. The van der Waals surface area contributed by atoms with Gasteiger partial charge in [-0.3, -0.25) is 4.79 Å². The van der Waals surface area contributed by atoms with Crippen molar-refractivity contribution in [3.63, 3.8) is 0 Å². The summed E-state index contributed by atoms with van der Waals surface area (Å²) >= 11 is 5.81. The van der Waals surface area contributed by atoms with Gasteiger partial charge in [0.05, 0.1) is 17.7 Å². The fourth-order valence-corrected chi connectivity index (χ4v) is 1.58. The average molecular weight is 272 g/mol. The molecule has 0 heterocycles. The van der Waals surface area contributed by atoms with Gasteiger partial charge in [-0.25, -0.2) is 4.39 Å². The van der Waals surface area contributed by atoms with Gasteiger partial charge in [-0.05, 0) is 24.6 Å². The molecular formula is C13H15ClFNO2. The van der Waals surface area contributed by atoms with Crippen LogP contribution in [-0.2, 0) is 4.79 Å². The lowest BCUT2D eigenvalue weighted by molar-refractivity contribution is -0.117. The number of aliphatic hydroxyl groups is 1. The van der Waals surface area contributed by atoms with Gasteiger partial charge in [-0.15, -0.1) is 0 Å². The molecule has 0 aliphatic rings. The second-order valence-electron chi connectivity index (χ2n) is 3.77. The molecule has 0 aliphatic heterocycles. The Bertz CT molecular complexity index is 424. The van der Waals surface area contributed by atoms with Crippen molar-refractivity contribution in [2.45, 2.75) is 19.4 Å². The molecule has 0 saturated heterocycles. The van der Waals surface area contributed by atoms with E-state index in [9.17, 15) is 9.18 Å². The Morgan fingerprint density at radius 3 is 2.89 bits per heavy atom. The SMILES string of the molecule is CC[C@H](CO)NC(=O)/C=C/c1c(F)cccc1Cl. The number of rotatable bonds is 5. The van der Waals surface area contributed by atoms with E-state index in [0.717, 1.165) is 0 Å².